The number of ether oxygens (including phenoxy) is 2. The average Bonchev–Trinajstić information content (AvgIpc) is 2.98. The normalized spacial score (nSPS) is 28.1. The molecule has 0 saturated carbocycles. The molecule has 27 heavy (non-hydrogen) atoms. The topological polar surface area (TPSA) is 97.0 Å². The van der Waals surface area contributed by atoms with Crippen LogP contribution in [-0.4, -0.2) is 61.1 Å². The summed E-state index contributed by atoms with van der Waals surface area (Å²) in [5.41, 5.74) is 1.43. The minimum absolute atomic E-state index is 0.00472. The van der Waals surface area contributed by atoms with Gasteiger partial charge in [-0.3, -0.25) is 19.7 Å². The predicted octanol–water partition coefficient (Wildman–Crippen LogP) is 0.203. The molecule has 1 aromatic carbocycles. The van der Waals surface area contributed by atoms with Gasteiger partial charge in [-0.2, -0.15) is 0 Å². The molecule has 0 spiro atoms. The standard InChI is InChI=1S/C19H23N3O5/c1-26-13-7-14(9-20-8-13)27-12-2-3-15-11(6-12)10-22(19(15)25)16-4-5-17(23)21-18(16)24/h2-3,6,13-14,16,20H,4-5,7-10H2,1H3,(H,21,23,24)/t13-,14-,16?/m1/s1. The quantitative estimate of drug-likeness (QED) is 0.732. The van der Waals surface area contributed by atoms with Gasteiger partial charge in [0.25, 0.3) is 5.91 Å². The van der Waals surface area contributed by atoms with E-state index in [1.807, 2.05) is 6.07 Å². The first-order chi connectivity index (χ1) is 13.0. The molecule has 2 fully saturated rings. The Morgan fingerprint density at radius 3 is 2.74 bits per heavy atom. The zero-order valence-corrected chi connectivity index (χ0v) is 15.2. The van der Waals surface area contributed by atoms with Crippen molar-refractivity contribution in [3.05, 3.63) is 29.3 Å². The average molecular weight is 373 g/mol. The maximum absolute atomic E-state index is 12.7. The van der Waals surface area contributed by atoms with Gasteiger partial charge in [0.1, 0.15) is 17.9 Å². The third-order valence-electron chi connectivity index (χ3n) is 5.40. The molecule has 0 bridgehead atoms. The highest BCUT2D eigenvalue weighted by Crippen LogP contribution is 2.30. The van der Waals surface area contributed by atoms with Crippen molar-refractivity contribution in [2.75, 3.05) is 20.2 Å². The summed E-state index contributed by atoms with van der Waals surface area (Å²) in [6.07, 6.45) is 1.55. The van der Waals surface area contributed by atoms with Crippen molar-refractivity contribution in [2.24, 2.45) is 0 Å². The molecule has 144 valence electrons. The van der Waals surface area contributed by atoms with Crippen molar-refractivity contribution < 1.29 is 23.9 Å². The van der Waals surface area contributed by atoms with Crippen molar-refractivity contribution in [3.63, 3.8) is 0 Å². The lowest BCUT2D eigenvalue weighted by Gasteiger charge is -2.29. The number of piperidine rings is 2. The molecule has 4 rings (SSSR count). The van der Waals surface area contributed by atoms with E-state index < -0.39 is 11.9 Å². The molecular weight excluding hydrogens is 350 g/mol. The number of nitrogens with zero attached hydrogens (tertiary/aromatic N) is 1. The molecule has 8 heteroatoms. The maximum Gasteiger partial charge on any atom is 0.255 e. The molecule has 2 saturated heterocycles. The summed E-state index contributed by atoms with van der Waals surface area (Å²) in [7, 11) is 1.69. The first-order valence-corrected chi connectivity index (χ1v) is 9.23. The van der Waals surface area contributed by atoms with E-state index in [-0.39, 0.29) is 30.4 Å². The van der Waals surface area contributed by atoms with Gasteiger partial charge in [0.2, 0.25) is 11.8 Å². The molecule has 3 atom stereocenters. The van der Waals surface area contributed by atoms with Gasteiger partial charge < -0.3 is 19.7 Å². The minimum Gasteiger partial charge on any atom is -0.489 e. The van der Waals surface area contributed by atoms with Crippen LogP contribution in [0.15, 0.2) is 18.2 Å². The number of nitrogens with one attached hydrogen (secondary N) is 2. The number of imide groups is 1. The van der Waals surface area contributed by atoms with Gasteiger partial charge in [0.05, 0.1) is 6.10 Å². The Bertz CT molecular complexity index is 781. The van der Waals surface area contributed by atoms with Crippen molar-refractivity contribution in [1.82, 2.24) is 15.5 Å². The highest BCUT2D eigenvalue weighted by molar-refractivity contribution is 6.05. The SMILES string of the molecule is CO[C@H]1CNC[C@H](Oc2ccc3c(c2)CN(C2CCC(=O)NC2=O)C3=O)C1. The summed E-state index contributed by atoms with van der Waals surface area (Å²) in [5.74, 6) is -0.158. The van der Waals surface area contributed by atoms with Crippen LogP contribution < -0.4 is 15.4 Å². The number of rotatable bonds is 4. The van der Waals surface area contributed by atoms with Gasteiger partial charge in [0.15, 0.2) is 0 Å². The van der Waals surface area contributed by atoms with E-state index in [9.17, 15) is 14.4 Å². The summed E-state index contributed by atoms with van der Waals surface area (Å²) in [5, 5.41) is 5.60. The lowest BCUT2D eigenvalue weighted by molar-refractivity contribution is -0.136. The highest BCUT2D eigenvalue weighted by atomic mass is 16.5. The largest absolute Gasteiger partial charge is 0.489 e. The fraction of sp³-hybridized carbons (Fsp3) is 0.526. The Hall–Kier alpha value is -2.45. The van der Waals surface area contributed by atoms with Gasteiger partial charge in [0, 0.05) is 45.1 Å². The number of methoxy groups -OCH3 is 1. The van der Waals surface area contributed by atoms with Crippen LogP contribution in [0.4, 0.5) is 0 Å². The van der Waals surface area contributed by atoms with E-state index in [1.54, 1.807) is 24.1 Å². The van der Waals surface area contributed by atoms with Crippen LogP contribution in [0.1, 0.15) is 35.2 Å². The van der Waals surface area contributed by atoms with E-state index >= 15 is 0 Å². The summed E-state index contributed by atoms with van der Waals surface area (Å²) >= 11 is 0. The first-order valence-electron chi connectivity index (χ1n) is 9.23. The van der Waals surface area contributed by atoms with Crippen LogP contribution in [0.2, 0.25) is 0 Å². The third-order valence-corrected chi connectivity index (χ3v) is 5.40. The smallest absolute Gasteiger partial charge is 0.255 e. The Labute approximate surface area is 157 Å². The van der Waals surface area contributed by atoms with Crippen LogP contribution in [0.25, 0.3) is 0 Å². The van der Waals surface area contributed by atoms with E-state index in [4.69, 9.17) is 9.47 Å². The maximum atomic E-state index is 12.7. The molecule has 1 aromatic rings. The van der Waals surface area contributed by atoms with E-state index in [0.717, 1.165) is 25.1 Å². The number of amides is 3. The second-order valence-electron chi connectivity index (χ2n) is 7.21. The number of hydrogen-bond acceptors (Lipinski definition) is 6. The molecule has 3 aliphatic rings. The van der Waals surface area contributed by atoms with Crippen LogP contribution in [0.3, 0.4) is 0 Å². The second kappa shape index (κ2) is 7.28. The molecule has 0 aliphatic carbocycles. The molecule has 1 unspecified atom stereocenters. The van der Waals surface area contributed by atoms with Gasteiger partial charge in [-0.25, -0.2) is 0 Å². The zero-order chi connectivity index (χ0) is 19.0. The molecular formula is C19H23N3O5. The van der Waals surface area contributed by atoms with Gasteiger partial charge in [-0.05, 0) is 30.2 Å². The van der Waals surface area contributed by atoms with Crippen molar-refractivity contribution >= 4 is 17.7 Å². The lowest BCUT2D eigenvalue weighted by atomic mass is 10.0. The lowest BCUT2D eigenvalue weighted by Crippen LogP contribution is -2.52. The van der Waals surface area contributed by atoms with E-state index in [0.29, 0.717) is 24.3 Å². The Morgan fingerprint density at radius 2 is 1.96 bits per heavy atom. The number of benzene rings is 1. The van der Waals surface area contributed by atoms with Gasteiger partial charge in [-0.15, -0.1) is 0 Å². The van der Waals surface area contributed by atoms with Gasteiger partial charge in [-0.1, -0.05) is 0 Å². The Balaban J connectivity index is 1.46. The zero-order valence-electron chi connectivity index (χ0n) is 15.2. The molecule has 2 N–H and O–H groups in total. The number of fused-ring (bicyclic) bond motifs is 1. The van der Waals surface area contributed by atoms with E-state index in [1.165, 1.54) is 0 Å². The van der Waals surface area contributed by atoms with E-state index in [2.05, 4.69) is 10.6 Å². The van der Waals surface area contributed by atoms with Crippen LogP contribution in [-0.2, 0) is 20.9 Å². The summed E-state index contributed by atoms with van der Waals surface area (Å²) in [6.45, 7) is 1.91. The minimum atomic E-state index is -0.600. The number of carbonyl (C=O) groups excluding carboxylic acids is 3. The van der Waals surface area contributed by atoms with Crippen molar-refractivity contribution in [2.45, 2.75) is 44.1 Å². The van der Waals surface area contributed by atoms with Crippen molar-refractivity contribution in [3.8, 4) is 5.75 Å². The fourth-order valence-corrected chi connectivity index (χ4v) is 3.95. The van der Waals surface area contributed by atoms with Crippen LogP contribution in [0, 0.1) is 0 Å². The molecule has 3 amide bonds. The molecule has 3 aliphatic heterocycles. The first kappa shape index (κ1) is 17.9. The van der Waals surface area contributed by atoms with Crippen molar-refractivity contribution in [1.29, 1.82) is 0 Å². The second-order valence-corrected chi connectivity index (χ2v) is 7.21. The Morgan fingerprint density at radius 1 is 1.15 bits per heavy atom. The molecule has 3 heterocycles. The molecule has 0 radical (unpaired) electrons. The highest BCUT2D eigenvalue weighted by Gasteiger charge is 2.39. The third kappa shape index (κ3) is 3.54. The molecule has 0 aromatic heterocycles. The molecule has 8 nitrogen and oxygen atoms in total. The summed E-state index contributed by atoms with van der Waals surface area (Å²) in [4.78, 5) is 37.7. The monoisotopic (exact) mass is 373 g/mol. The number of hydrogen-bond donors (Lipinski definition) is 2. The van der Waals surface area contributed by atoms with Crippen LogP contribution >= 0.6 is 0 Å². The van der Waals surface area contributed by atoms with Crippen LogP contribution in [0.5, 0.6) is 5.75 Å². The van der Waals surface area contributed by atoms with Gasteiger partial charge >= 0.3 is 0 Å². The summed E-state index contributed by atoms with van der Waals surface area (Å²) < 4.78 is 11.5. The Kier molecular flexibility index (Phi) is 4.84. The number of carbonyl (C=O) groups is 3. The predicted molar refractivity (Wildman–Crippen MR) is 95.2 cm³/mol. The summed E-state index contributed by atoms with van der Waals surface area (Å²) in [6, 6.07) is 4.82. The fourth-order valence-electron chi connectivity index (χ4n) is 3.95.